The Balaban J connectivity index is 2.39. The van der Waals surface area contributed by atoms with Crippen molar-refractivity contribution in [2.45, 2.75) is 19.9 Å². The number of benzene rings is 1. The molecule has 0 radical (unpaired) electrons. The molecule has 4 heteroatoms. The third-order valence-electron chi connectivity index (χ3n) is 2.66. The fourth-order valence-corrected chi connectivity index (χ4v) is 1.65. The van der Waals surface area contributed by atoms with Gasteiger partial charge >= 0.3 is 0 Å². The molecule has 0 saturated heterocycles. The highest BCUT2D eigenvalue weighted by Crippen LogP contribution is 2.20. The number of hydrogen-bond acceptors (Lipinski definition) is 3. The molecule has 0 spiro atoms. The number of rotatable bonds is 2. The van der Waals surface area contributed by atoms with Crippen molar-refractivity contribution in [3.8, 4) is 0 Å². The second kappa shape index (κ2) is 4.59. The summed E-state index contributed by atoms with van der Waals surface area (Å²) >= 11 is 0. The minimum Gasteiger partial charge on any atom is -0.318 e. The summed E-state index contributed by atoms with van der Waals surface area (Å²) in [7, 11) is 0. The van der Waals surface area contributed by atoms with E-state index in [2.05, 4.69) is 9.97 Å². The maximum atomic E-state index is 13.2. The molecule has 1 atom stereocenters. The van der Waals surface area contributed by atoms with Gasteiger partial charge in [-0.15, -0.1) is 0 Å². The van der Waals surface area contributed by atoms with Crippen LogP contribution in [0.5, 0.6) is 0 Å². The zero-order valence-electron chi connectivity index (χ0n) is 9.81. The fourth-order valence-electron chi connectivity index (χ4n) is 1.65. The van der Waals surface area contributed by atoms with Gasteiger partial charge in [-0.25, -0.2) is 14.4 Å². The summed E-state index contributed by atoms with van der Waals surface area (Å²) in [6.45, 7) is 3.80. The monoisotopic (exact) mass is 231 g/mol. The molecule has 1 unspecified atom stereocenters. The van der Waals surface area contributed by atoms with Crippen LogP contribution in [0.2, 0.25) is 0 Å². The van der Waals surface area contributed by atoms with Gasteiger partial charge < -0.3 is 5.73 Å². The molecule has 17 heavy (non-hydrogen) atoms. The van der Waals surface area contributed by atoms with Crippen molar-refractivity contribution in [1.82, 2.24) is 9.97 Å². The van der Waals surface area contributed by atoms with Crippen LogP contribution in [0.1, 0.15) is 28.6 Å². The van der Waals surface area contributed by atoms with Crippen LogP contribution in [0.25, 0.3) is 0 Å². The van der Waals surface area contributed by atoms with Gasteiger partial charge in [-0.2, -0.15) is 0 Å². The summed E-state index contributed by atoms with van der Waals surface area (Å²) in [6.07, 6.45) is 3.41. The van der Waals surface area contributed by atoms with Crippen molar-refractivity contribution in [3.05, 3.63) is 58.9 Å². The van der Waals surface area contributed by atoms with Gasteiger partial charge in [0, 0.05) is 12.4 Å². The van der Waals surface area contributed by atoms with Gasteiger partial charge in [-0.1, -0.05) is 6.07 Å². The summed E-state index contributed by atoms with van der Waals surface area (Å²) in [4.78, 5) is 8.33. The summed E-state index contributed by atoms with van der Waals surface area (Å²) in [5.74, 6) is 0.206. The normalized spacial score (nSPS) is 12.5. The third-order valence-corrected chi connectivity index (χ3v) is 2.66. The van der Waals surface area contributed by atoms with Crippen LogP contribution < -0.4 is 5.73 Å². The van der Waals surface area contributed by atoms with E-state index in [9.17, 15) is 4.39 Å². The lowest BCUT2D eigenvalue weighted by Gasteiger charge is -2.13. The molecule has 2 N–H and O–H groups in total. The molecule has 2 rings (SSSR count). The van der Waals surface area contributed by atoms with E-state index in [4.69, 9.17) is 5.73 Å². The number of halogens is 1. The Kier molecular flexibility index (Phi) is 3.15. The Morgan fingerprint density at radius 3 is 2.47 bits per heavy atom. The molecule has 88 valence electrons. The van der Waals surface area contributed by atoms with Crippen molar-refractivity contribution in [1.29, 1.82) is 0 Å². The molecular weight excluding hydrogens is 217 g/mol. The molecule has 1 heterocycles. The maximum Gasteiger partial charge on any atom is 0.149 e. The first-order chi connectivity index (χ1) is 8.08. The number of aromatic nitrogens is 2. The minimum absolute atomic E-state index is 0.298. The average molecular weight is 231 g/mol. The smallest absolute Gasteiger partial charge is 0.149 e. The lowest BCUT2D eigenvalue weighted by Crippen LogP contribution is -2.16. The van der Waals surface area contributed by atoms with Crippen LogP contribution in [0.3, 0.4) is 0 Å². The molecule has 0 saturated carbocycles. The van der Waals surface area contributed by atoms with E-state index in [0.29, 0.717) is 11.4 Å². The molecule has 1 aromatic heterocycles. The highest BCUT2D eigenvalue weighted by Gasteiger charge is 2.14. The zero-order valence-corrected chi connectivity index (χ0v) is 9.81. The largest absolute Gasteiger partial charge is 0.318 e. The highest BCUT2D eigenvalue weighted by molar-refractivity contribution is 5.32. The van der Waals surface area contributed by atoms with E-state index in [1.165, 1.54) is 12.1 Å². The molecule has 2 aromatic rings. The first-order valence-electron chi connectivity index (χ1n) is 5.38. The average Bonchev–Trinajstić information content (AvgIpc) is 2.32. The maximum absolute atomic E-state index is 13.2. The van der Waals surface area contributed by atoms with Gasteiger partial charge in [-0.3, -0.25) is 0 Å². The van der Waals surface area contributed by atoms with E-state index in [1.54, 1.807) is 18.5 Å². The predicted octanol–water partition coefficient (Wildman–Crippen LogP) is 2.28. The van der Waals surface area contributed by atoms with E-state index in [1.807, 2.05) is 13.8 Å². The van der Waals surface area contributed by atoms with Crippen molar-refractivity contribution in [2.24, 2.45) is 5.73 Å². The first-order valence-corrected chi connectivity index (χ1v) is 5.38. The van der Waals surface area contributed by atoms with Crippen LogP contribution in [-0.2, 0) is 0 Å². The molecule has 0 aliphatic rings. The van der Waals surface area contributed by atoms with Crippen molar-refractivity contribution in [2.75, 3.05) is 0 Å². The second-order valence-corrected chi connectivity index (χ2v) is 4.10. The van der Waals surface area contributed by atoms with E-state index in [0.717, 1.165) is 11.1 Å². The Morgan fingerprint density at radius 1 is 1.18 bits per heavy atom. The third kappa shape index (κ3) is 2.47. The summed E-state index contributed by atoms with van der Waals surface area (Å²) in [5.41, 5.74) is 8.66. The topological polar surface area (TPSA) is 51.8 Å². The second-order valence-electron chi connectivity index (χ2n) is 4.10. The number of aryl methyl sites for hydroxylation is 2. The lowest BCUT2D eigenvalue weighted by atomic mass is 10.0. The lowest BCUT2D eigenvalue weighted by molar-refractivity contribution is 0.621. The quantitative estimate of drug-likeness (QED) is 0.862. The van der Waals surface area contributed by atoms with Gasteiger partial charge in [0.2, 0.25) is 0 Å². The van der Waals surface area contributed by atoms with Crippen molar-refractivity contribution < 1.29 is 4.39 Å². The molecular formula is C13H14FN3. The molecule has 0 amide bonds. The minimum atomic E-state index is -0.494. The van der Waals surface area contributed by atoms with Crippen LogP contribution in [0.4, 0.5) is 4.39 Å². The SMILES string of the molecule is Cc1cnc(C(N)c2cc(F)ccc2C)nc1. The van der Waals surface area contributed by atoms with E-state index < -0.39 is 6.04 Å². The number of hydrogen-bond donors (Lipinski definition) is 1. The van der Waals surface area contributed by atoms with Gasteiger partial charge in [0.15, 0.2) is 0 Å². The van der Waals surface area contributed by atoms with Gasteiger partial charge in [0.25, 0.3) is 0 Å². The molecule has 0 aliphatic carbocycles. The summed E-state index contributed by atoms with van der Waals surface area (Å²) in [5, 5.41) is 0. The Morgan fingerprint density at radius 2 is 1.82 bits per heavy atom. The van der Waals surface area contributed by atoms with Gasteiger partial charge in [0.1, 0.15) is 11.6 Å². The van der Waals surface area contributed by atoms with E-state index >= 15 is 0 Å². The predicted molar refractivity (Wildman–Crippen MR) is 63.9 cm³/mol. The Hall–Kier alpha value is -1.81. The van der Waals surface area contributed by atoms with Gasteiger partial charge in [-0.05, 0) is 42.7 Å². The Labute approximate surface area is 99.5 Å². The van der Waals surface area contributed by atoms with Crippen LogP contribution in [0.15, 0.2) is 30.6 Å². The fraction of sp³-hybridized carbons (Fsp3) is 0.231. The standard InChI is InChI=1S/C13H14FN3/c1-8-6-16-13(17-7-8)12(15)11-5-10(14)4-3-9(11)2/h3-7,12H,15H2,1-2H3. The Bertz CT molecular complexity index is 523. The molecule has 1 aromatic carbocycles. The van der Waals surface area contributed by atoms with Crippen molar-refractivity contribution in [3.63, 3.8) is 0 Å². The van der Waals surface area contributed by atoms with Crippen LogP contribution >= 0.6 is 0 Å². The van der Waals surface area contributed by atoms with Gasteiger partial charge in [0.05, 0.1) is 6.04 Å². The van der Waals surface area contributed by atoms with Crippen LogP contribution in [-0.4, -0.2) is 9.97 Å². The number of nitrogens with zero attached hydrogens (tertiary/aromatic N) is 2. The van der Waals surface area contributed by atoms with Crippen LogP contribution in [0, 0.1) is 19.7 Å². The summed E-state index contributed by atoms with van der Waals surface area (Å²) in [6, 6.07) is 4.06. The van der Waals surface area contributed by atoms with E-state index in [-0.39, 0.29) is 5.82 Å². The first kappa shape index (κ1) is 11.7. The number of nitrogens with two attached hydrogens (primary N) is 1. The molecule has 0 bridgehead atoms. The molecule has 0 fully saturated rings. The zero-order chi connectivity index (χ0) is 12.4. The summed E-state index contributed by atoms with van der Waals surface area (Å²) < 4.78 is 13.2. The molecule has 3 nitrogen and oxygen atoms in total. The highest BCUT2D eigenvalue weighted by atomic mass is 19.1. The molecule has 0 aliphatic heterocycles. The van der Waals surface area contributed by atoms with Crippen molar-refractivity contribution >= 4 is 0 Å².